The van der Waals surface area contributed by atoms with Crippen molar-refractivity contribution >= 4 is 17.0 Å². The van der Waals surface area contributed by atoms with E-state index < -0.39 is 0 Å². The number of aryl methyl sites for hydroxylation is 2. The van der Waals surface area contributed by atoms with Gasteiger partial charge in [-0.3, -0.25) is 14.2 Å². The molecule has 0 fully saturated rings. The van der Waals surface area contributed by atoms with Crippen LogP contribution in [0, 0.1) is 6.92 Å². The van der Waals surface area contributed by atoms with Crippen molar-refractivity contribution in [2.75, 3.05) is 6.54 Å². The van der Waals surface area contributed by atoms with Crippen molar-refractivity contribution in [3.8, 4) is 0 Å². The van der Waals surface area contributed by atoms with Gasteiger partial charge < -0.3 is 9.84 Å². The monoisotopic (exact) mass is 344 g/mol. The van der Waals surface area contributed by atoms with Crippen LogP contribution in [-0.4, -0.2) is 27.2 Å². The van der Waals surface area contributed by atoms with Crippen molar-refractivity contribution in [1.29, 1.82) is 0 Å². The van der Waals surface area contributed by atoms with Crippen LogP contribution >= 0.6 is 0 Å². The van der Waals surface area contributed by atoms with E-state index >= 15 is 0 Å². The van der Waals surface area contributed by atoms with Gasteiger partial charge in [0.05, 0.1) is 5.69 Å². The molecule has 0 spiro atoms. The van der Waals surface area contributed by atoms with Crippen molar-refractivity contribution in [3.63, 3.8) is 0 Å². The van der Waals surface area contributed by atoms with Crippen LogP contribution in [0.5, 0.6) is 0 Å². The molecule has 0 saturated heterocycles. The van der Waals surface area contributed by atoms with E-state index in [9.17, 15) is 9.59 Å². The first-order valence-electron chi connectivity index (χ1n) is 8.90. The predicted molar refractivity (Wildman–Crippen MR) is 94.4 cm³/mol. The van der Waals surface area contributed by atoms with Crippen LogP contribution < -0.4 is 10.9 Å². The number of allylic oxidation sites excluding steroid dienone is 1. The Kier molecular flexibility index (Phi) is 5.31. The van der Waals surface area contributed by atoms with E-state index in [1.807, 2.05) is 6.92 Å². The third-order valence-corrected chi connectivity index (χ3v) is 4.65. The van der Waals surface area contributed by atoms with Gasteiger partial charge >= 0.3 is 0 Å². The molecule has 134 valence electrons. The zero-order valence-corrected chi connectivity index (χ0v) is 14.8. The molecule has 2 heterocycles. The predicted octanol–water partition coefficient (Wildman–Crippen LogP) is 2.26. The number of amides is 1. The second kappa shape index (κ2) is 7.63. The Morgan fingerprint density at radius 2 is 2.24 bits per heavy atom. The molecular weight excluding hydrogens is 320 g/mol. The fraction of sp³-hybridized carbons (Fsp3) is 0.556. The molecule has 0 atom stereocenters. The average molecular weight is 344 g/mol. The third kappa shape index (κ3) is 3.81. The summed E-state index contributed by atoms with van der Waals surface area (Å²) in [5.41, 5.74) is 1.96. The van der Waals surface area contributed by atoms with Gasteiger partial charge in [0.2, 0.25) is 5.91 Å². The van der Waals surface area contributed by atoms with Gasteiger partial charge in [0.25, 0.3) is 11.3 Å². The van der Waals surface area contributed by atoms with Crippen molar-refractivity contribution in [2.24, 2.45) is 0 Å². The maximum atomic E-state index is 12.7. The topological polar surface area (TPSA) is 90.0 Å². The summed E-state index contributed by atoms with van der Waals surface area (Å²) in [6.07, 6.45) is 8.50. The van der Waals surface area contributed by atoms with Gasteiger partial charge in [-0.25, -0.2) is 0 Å². The van der Waals surface area contributed by atoms with Crippen LogP contribution in [0.25, 0.3) is 11.1 Å². The quantitative estimate of drug-likeness (QED) is 0.812. The number of carbonyl (C=O) groups is 1. The first-order valence-corrected chi connectivity index (χ1v) is 8.90. The molecule has 1 amide bonds. The lowest BCUT2D eigenvalue weighted by Gasteiger charge is -2.13. The Morgan fingerprint density at radius 1 is 1.40 bits per heavy atom. The van der Waals surface area contributed by atoms with Gasteiger partial charge in [0.1, 0.15) is 17.8 Å². The van der Waals surface area contributed by atoms with Gasteiger partial charge in [-0.2, -0.15) is 4.98 Å². The van der Waals surface area contributed by atoms with Crippen LogP contribution in [0.15, 0.2) is 21.0 Å². The highest BCUT2D eigenvalue weighted by Crippen LogP contribution is 2.19. The zero-order chi connectivity index (χ0) is 17.8. The van der Waals surface area contributed by atoms with Crippen molar-refractivity contribution in [3.05, 3.63) is 33.5 Å². The van der Waals surface area contributed by atoms with Crippen LogP contribution in [0.3, 0.4) is 0 Å². The smallest absolute Gasteiger partial charge is 0.267 e. The fourth-order valence-corrected chi connectivity index (χ4v) is 3.21. The number of aromatic nitrogens is 3. The summed E-state index contributed by atoms with van der Waals surface area (Å²) in [6.45, 7) is 4.14. The minimum absolute atomic E-state index is 0.0407. The van der Waals surface area contributed by atoms with E-state index in [0.717, 1.165) is 19.3 Å². The molecule has 2 aromatic rings. The molecule has 0 saturated carbocycles. The summed E-state index contributed by atoms with van der Waals surface area (Å²) in [7, 11) is 0. The van der Waals surface area contributed by atoms with Crippen molar-refractivity contribution in [1.82, 2.24) is 20.0 Å². The summed E-state index contributed by atoms with van der Waals surface area (Å²) >= 11 is 0. The van der Waals surface area contributed by atoms with E-state index in [2.05, 4.69) is 21.5 Å². The van der Waals surface area contributed by atoms with Gasteiger partial charge in [0.15, 0.2) is 0 Å². The molecule has 1 aliphatic carbocycles. The molecule has 0 unspecified atom stereocenters. The zero-order valence-electron chi connectivity index (χ0n) is 14.8. The average Bonchev–Trinajstić information content (AvgIpc) is 3.02. The van der Waals surface area contributed by atoms with Gasteiger partial charge in [-0.05, 0) is 45.4 Å². The number of hydrogen-bond donors (Lipinski definition) is 1. The first kappa shape index (κ1) is 17.4. The standard InChI is InChI=1S/C18H24N4O3/c1-3-14-16-17(25-21-14)20-12(2)22(18(16)24)11-15(23)19-10-9-13-7-5-4-6-8-13/h7H,3-6,8-11H2,1-2H3,(H,19,23). The largest absolute Gasteiger partial charge is 0.354 e. The van der Waals surface area contributed by atoms with Crippen LogP contribution in [0.4, 0.5) is 0 Å². The molecule has 2 aromatic heterocycles. The molecule has 7 heteroatoms. The highest BCUT2D eigenvalue weighted by atomic mass is 16.5. The molecule has 3 rings (SSSR count). The Balaban J connectivity index is 1.68. The van der Waals surface area contributed by atoms with Crippen LogP contribution in [0.1, 0.15) is 50.5 Å². The molecule has 1 aliphatic rings. The second-order valence-corrected chi connectivity index (χ2v) is 6.42. The molecule has 7 nitrogen and oxygen atoms in total. The summed E-state index contributed by atoms with van der Waals surface area (Å²) in [5, 5.41) is 7.15. The lowest BCUT2D eigenvalue weighted by molar-refractivity contribution is -0.121. The minimum atomic E-state index is -0.272. The van der Waals surface area contributed by atoms with Crippen LogP contribution in [-0.2, 0) is 17.8 Å². The molecule has 0 radical (unpaired) electrons. The number of hydrogen-bond acceptors (Lipinski definition) is 5. The molecule has 0 bridgehead atoms. The SMILES string of the molecule is CCc1noc2nc(C)n(CC(=O)NCCC3=CCCCC3)c(=O)c12. The maximum absolute atomic E-state index is 12.7. The van der Waals surface area contributed by atoms with E-state index in [4.69, 9.17) is 4.52 Å². The molecule has 0 aromatic carbocycles. The minimum Gasteiger partial charge on any atom is -0.354 e. The summed E-state index contributed by atoms with van der Waals surface area (Å²) < 4.78 is 6.50. The summed E-state index contributed by atoms with van der Waals surface area (Å²) in [6, 6.07) is 0. The molecule has 0 aliphatic heterocycles. The lowest BCUT2D eigenvalue weighted by Crippen LogP contribution is -2.34. The summed E-state index contributed by atoms with van der Waals surface area (Å²) in [5.74, 6) is 0.263. The fourth-order valence-electron chi connectivity index (χ4n) is 3.21. The Morgan fingerprint density at radius 3 is 2.96 bits per heavy atom. The number of nitrogens with one attached hydrogen (secondary N) is 1. The lowest BCUT2D eigenvalue weighted by atomic mass is 9.97. The van der Waals surface area contributed by atoms with E-state index in [1.165, 1.54) is 23.0 Å². The Hall–Kier alpha value is -2.44. The normalized spacial score (nSPS) is 14.6. The molecule has 1 N–H and O–H groups in total. The molecule has 25 heavy (non-hydrogen) atoms. The number of carbonyl (C=O) groups excluding carboxylic acids is 1. The van der Waals surface area contributed by atoms with Gasteiger partial charge in [-0.15, -0.1) is 0 Å². The van der Waals surface area contributed by atoms with Crippen molar-refractivity contribution in [2.45, 2.75) is 58.9 Å². The number of rotatable bonds is 6. The van der Waals surface area contributed by atoms with Gasteiger partial charge in [-0.1, -0.05) is 23.7 Å². The number of nitrogens with zero attached hydrogens (tertiary/aromatic N) is 3. The Labute approximate surface area is 146 Å². The van der Waals surface area contributed by atoms with Crippen molar-refractivity contribution < 1.29 is 9.32 Å². The first-order chi connectivity index (χ1) is 12.1. The van der Waals surface area contributed by atoms with Crippen LogP contribution in [0.2, 0.25) is 0 Å². The van der Waals surface area contributed by atoms with E-state index in [1.54, 1.807) is 6.92 Å². The summed E-state index contributed by atoms with van der Waals surface area (Å²) in [4.78, 5) is 29.2. The molecular formula is C18H24N4O3. The number of fused-ring (bicyclic) bond motifs is 1. The second-order valence-electron chi connectivity index (χ2n) is 6.42. The Bertz CT molecular complexity index is 863. The maximum Gasteiger partial charge on any atom is 0.267 e. The van der Waals surface area contributed by atoms with E-state index in [-0.39, 0.29) is 23.7 Å². The van der Waals surface area contributed by atoms with E-state index in [0.29, 0.717) is 29.9 Å². The highest BCUT2D eigenvalue weighted by Gasteiger charge is 2.17. The highest BCUT2D eigenvalue weighted by molar-refractivity contribution is 5.78. The third-order valence-electron chi connectivity index (χ3n) is 4.65. The van der Waals surface area contributed by atoms with Gasteiger partial charge in [0, 0.05) is 6.54 Å².